The van der Waals surface area contributed by atoms with Crippen molar-refractivity contribution < 1.29 is 0 Å². The summed E-state index contributed by atoms with van der Waals surface area (Å²) in [6.07, 6.45) is 2.03. The third kappa shape index (κ3) is 4.31. The van der Waals surface area contributed by atoms with Gasteiger partial charge in [-0.1, -0.05) is 13.5 Å². The largest absolute Gasteiger partial charge is 0.343 e. The van der Waals surface area contributed by atoms with Crippen LogP contribution in [0.15, 0.2) is 17.3 Å². The summed E-state index contributed by atoms with van der Waals surface area (Å²) >= 11 is 0. The minimum Gasteiger partial charge on any atom is -0.343 e. The Balaban J connectivity index is 3.97. The maximum Gasteiger partial charge on any atom is 0.100 e. The molecule has 0 unspecified atom stereocenters. The van der Waals surface area contributed by atoms with E-state index in [2.05, 4.69) is 16.9 Å². The first kappa shape index (κ1) is 9.88. The molecule has 0 aromatic heterocycles. The topological polar surface area (TPSA) is 48.2 Å². The van der Waals surface area contributed by atoms with Gasteiger partial charge in [-0.2, -0.15) is 0 Å². The molecule has 3 heteroatoms. The Hall–Kier alpha value is -1.12. The fourth-order valence-electron chi connectivity index (χ4n) is 0.652. The van der Waals surface area contributed by atoms with Crippen molar-refractivity contribution in [2.24, 2.45) is 4.99 Å². The minimum atomic E-state index is 0.582. The number of aliphatic imine (C=N–C) groups is 1. The van der Waals surface area contributed by atoms with Crippen LogP contribution in [-0.4, -0.2) is 18.6 Å². The highest BCUT2D eigenvalue weighted by Crippen LogP contribution is 1.85. The van der Waals surface area contributed by atoms with Crippen molar-refractivity contribution in [3.63, 3.8) is 0 Å². The van der Waals surface area contributed by atoms with Crippen LogP contribution in [0, 0.1) is 5.41 Å². The van der Waals surface area contributed by atoms with Gasteiger partial charge in [-0.3, -0.25) is 4.99 Å². The first-order valence-corrected chi connectivity index (χ1v) is 3.74. The molecule has 2 N–H and O–H groups in total. The molecule has 0 fully saturated rings. The van der Waals surface area contributed by atoms with E-state index in [1.165, 1.54) is 6.21 Å². The van der Waals surface area contributed by atoms with Gasteiger partial charge in [-0.25, -0.2) is 0 Å². The Bertz CT molecular complexity index is 170. The fourth-order valence-corrected chi connectivity index (χ4v) is 0.652. The standard InChI is InChI=1S/C8H15N3/c1-4-8(10-5-2)11-7(3)6-9/h6,9H,3-5H2,1-2H3,(H,10,11). The van der Waals surface area contributed by atoms with Gasteiger partial charge in [0.25, 0.3) is 0 Å². The number of hydrogen-bond acceptors (Lipinski definition) is 2. The van der Waals surface area contributed by atoms with Crippen LogP contribution in [0.4, 0.5) is 0 Å². The third-order valence-corrected chi connectivity index (χ3v) is 1.16. The molecule has 0 radical (unpaired) electrons. The second-order valence-electron chi connectivity index (χ2n) is 2.07. The Kier molecular flexibility index (Phi) is 5.07. The van der Waals surface area contributed by atoms with Crippen LogP contribution >= 0.6 is 0 Å². The van der Waals surface area contributed by atoms with Crippen LogP contribution in [-0.2, 0) is 0 Å². The van der Waals surface area contributed by atoms with Crippen LogP contribution in [0.2, 0.25) is 0 Å². The summed E-state index contributed by atoms with van der Waals surface area (Å²) in [6, 6.07) is 0. The molecular weight excluding hydrogens is 138 g/mol. The van der Waals surface area contributed by atoms with Crippen molar-refractivity contribution in [1.82, 2.24) is 5.32 Å². The van der Waals surface area contributed by atoms with E-state index in [1.54, 1.807) is 0 Å². The maximum absolute atomic E-state index is 6.87. The molecule has 0 rings (SSSR count). The summed E-state index contributed by atoms with van der Waals surface area (Å²) in [5.74, 6) is 0.890. The van der Waals surface area contributed by atoms with E-state index in [4.69, 9.17) is 5.41 Å². The molecule has 0 atom stereocenters. The molecule has 0 saturated carbocycles. The number of hydrogen-bond donors (Lipinski definition) is 2. The predicted molar refractivity (Wildman–Crippen MR) is 49.3 cm³/mol. The summed E-state index contributed by atoms with van der Waals surface area (Å²) < 4.78 is 0. The van der Waals surface area contributed by atoms with Crippen LogP contribution in [0.5, 0.6) is 0 Å². The SMILES string of the molecule is C=C(C=N)NC(CC)=NCC. The fraction of sp³-hybridized carbons (Fsp3) is 0.500. The Labute approximate surface area is 67.7 Å². The van der Waals surface area contributed by atoms with Gasteiger partial charge in [-0.15, -0.1) is 0 Å². The highest BCUT2D eigenvalue weighted by molar-refractivity contribution is 5.89. The number of nitrogens with one attached hydrogen (secondary N) is 2. The van der Waals surface area contributed by atoms with Gasteiger partial charge in [0.05, 0.1) is 0 Å². The maximum atomic E-state index is 6.87. The first-order valence-electron chi connectivity index (χ1n) is 3.74. The number of allylic oxidation sites excluding steroid dienone is 1. The first-order chi connectivity index (χ1) is 5.24. The lowest BCUT2D eigenvalue weighted by molar-refractivity contribution is 1.03. The van der Waals surface area contributed by atoms with Crippen molar-refractivity contribution in [1.29, 1.82) is 5.41 Å². The van der Waals surface area contributed by atoms with Crippen LogP contribution < -0.4 is 5.32 Å². The molecule has 62 valence electrons. The van der Waals surface area contributed by atoms with Gasteiger partial charge in [0.15, 0.2) is 0 Å². The normalized spacial score (nSPS) is 10.9. The van der Waals surface area contributed by atoms with Crippen LogP contribution in [0.25, 0.3) is 0 Å². The van der Waals surface area contributed by atoms with E-state index < -0.39 is 0 Å². The lowest BCUT2D eigenvalue weighted by Gasteiger charge is -2.05. The van der Waals surface area contributed by atoms with Gasteiger partial charge in [0.2, 0.25) is 0 Å². The van der Waals surface area contributed by atoms with E-state index in [9.17, 15) is 0 Å². The van der Waals surface area contributed by atoms with Gasteiger partial charge in [-0.05, 0) is 6.92 Å². The average molecular weight is 153 g/mol. The molecular formula is C8H15N3. The highest BCUT2D eigenvalue weighted by Gasteiger charge is 1.93. The molecule has 0 aromatic rings. The molecule has 0 aliphatic rings. The molecule has 11 heavy (non-hydrogen) atoms. The summed E-state index contributed by atoms with van der Waals surface area (Å²) in [5, 5.41) is 9.80. The lowest BCUT2D eigenvalue weighted by Crippen LogP contribution is -2.22. The van der Waals surface area contributed by atoms with Crippen LogP contribution in [0.3, 0.4) is 0 Å². The van der Waals surface area contributed by atoms with Gasteiger partial charge in [0, 0.05) is 24.9 Å². The number of amidine groups is 1. The van der Waals surface area contributed by atoms with E-state index in [0.29, 0.717) is 5.70 Å². The molecule has 0 saturated heterocycles. The zero-order valence-corrected chi connectivity index (χ0v) is 7.15. The zero-order valence-electron chi connectivity index (χ0n) is 7.15. The summed E-state index contributed by atoms with van der Waals surface area (Å²) in [6.45, 7) is 8.36. The summed E-state index contributed by atoms with van der Waals surface area (Å²) in [5.41, 5.74) is 0.582. The monoisotopic (exact) mass is 153 g/mol. The van der Waals surface area contributed by atoms with Crippen molar-refractivity contribution in [2.45, 2.75) is 20.3 Å². The van der Waals surface area contributed by atoms with E-state index >= 15 is 0 Å². The third-order valence-electron chi connectivity index (χ3n) is 1.16. The second-order valence-corrected chi connectivity index (χ2v) is 2.07. The Morgan fingerprint density at radius 2 is 2.27 bits per heavy atom. The van der Waals surface area contributed by atoms with E-state index in [-0.39, 0.29) is 0 Å². The zero-order chi connectivity index (χ0) is 8.69. The number of rotatable bonds is 4. The Morgan fingerprint density at radius 3 is 2.64 bits per heavy atom. The van der Waals surface area contributed by atoms with E-state index in [0.717, 1.165) is 18.8 Å². The predicted octanol–water partition coefficient (Wildman–Crippen LogP) is 1.57. The minimum absolute atomic E-state index is 0.582. The molecule has 0 heterocycles. The molecule has 0 aliphatic carbocycles. The van der Waals surface area contributed by atoms with Crippen LogP contribution in [0.1, 0.15) is 20.3 Å². The summed E-state index contributed by atoms with van der Waals surface area (Å²) in [4.78, 5) is 4.17. The number of nitrogens with zero attached hydrogens (tertiary/aromatic N) is 1. The van der Waals surface area contributed by atoms with Crippen molar-refractivity contribution in [3.8, 4) is 0 Å². The lowest BCUT2D eigenvalue weighted by atomic mass is 10.4. The average Bonchev–Trinajstić information content (AvgIpc) is 2.03. The Morgan fingerprint density at radius 1 is 1.64 bits per heavy atom. The molecule has 0 aliphatic heterocycles. The van der Waals surface area contributed by atoms with Crippen molar-refractivity contribution in [2.75, 3.05) is 6.54 Å². The van der Waals surface area contributed by atoms with Crippen molar-refractivity contribution in [3.05, 3.63) is 12.3 Å². The quantitative estimate of drug-likeness (QED) is 0.467. The highest BCUT2D eigenvalue weighted by atomic mass is 15.0. The molecule has 0 spiro atoms. The smallest absolute Gasteiger partial charge is 0.100 e. The second kappa shape index (κ2) is 5.65. The van der Waals surface area contributed by atoms with Gasteiger partial charge < -0.3 is 10.7 Å². The van der Waals surface area contributed by atoms with E-state index in [1.807, 2.05) is 13.8 Å². The molecule has 0 aromatic carbocycles. The molecule has 0 bridgehead atoms. The summed E-state index contributed by atoms with van der Waals surface area (Å²) in [7, 11) is 0. The van der Waals surface area contributed by atoms with Gasteiger partial charge >= 0.3 is 0 Å². The van der Waals surface area contributed by atoms with Gasteiger partial charge in [0.1, 0.15) is 5.84 Å². The molecule has 3 nitrogen and oxygen atoms in total. The van der Waals surface area contributed by atoms with Crippen molar-refractivity contribution >= 4 is 12.1 Å². The molecule has 0 amide bonds.